The van der Waals surface area contributed by atoms with Crippen molar-refractivity contribution in [1.29, 1.82) is 0 Å². The molecule has 0 atom stereocenters. The molecule has 1 aliphatic heterocycles. The average molecular weight is 267 g/mol. The van der Waals surface area contributed by atoms with E-state index in [9.17, 15) is 14.0 Å². The lowest BCUT2D eigenvalue weighted by molar-refractivity contribution is 0.0697. The van der Waals surface area contributed by atoms with Crippen LogP contribution in [0.5, 0.6) is 0 Å². The van der Waals surface area contributed by atoms with Crippen molar-refractivity contribution >= 4 is 17.7 Å². The van der Waals surface area contributed by atoms with Gasteiger partial charge in [0.15, 0.2) is 0 Å². The zero-order chi connectivity index (χ0) is 13.8. The van der Waals surface area contributed by atoms with Gasteiger partial charge in [-0.25, -0.2) is 14.0 Å². The normalized spacial score (nSPS) is 15.1. The van der Waals surface area contributed by atoms with E-state index in [2.05, 4.69) is 10.6 Å². The van der Waals surface area contributed by atoms with Gasteiger partial charge in [0.1, 0.15) is 5.82 Å². The molecule has 1 aromatic carbocycles. The number of nitrogens with zero attached hydrogens (tertiary/aromatic N) is 1. The van der Waals surface area contributed by atoms with Crippen LogP contribution in [0.2, 0.25) is 0 Å². The number of hydrogen-bond acceptors (Lipinski definition) is 3. The lowest BCUT2D eigenvalue weighted by Gasteiger charge is -2.27. The van der Waals surface area contributed by atoms with Crippen molar-refractivity contribution in [1.82, 2.24) is 10.2 Å². The zero-order valence-electron chi connectivity index (χ0n) is 10.1. The monoisotopic (exact) mass is 267 g/mol. The van der Waals surface area contributed by atoms with E-state index in [1.54, 1.807) is 0 Å². The van der Waals surface area contributed by atoms with Gasteiger partial charge in [-0.1, -0.05) is 6.07 Å². The fourth-order valence-electron chi connectivity index (χ4n) is 1.88. The van der Waals surface area contributed by atoms with Crippen LogP contribution >= 0.6 is 0 Å². The third kappa shape index (κ3) is 3.00. The third-order valence-corrected chi connectivity index (χ3v) is 2.88. The minimum Gasteiger partial charge on any atom is -0.478 e. The smallest absolute Gasteiger partial charge is 0.337 e. The highest BCUT2D eigenvalue weighted by molar-refractivity contribution is 6.00. The number of hydrogen-bond donors (Lipinski definition) is 3. The van der Waals surface area contributed by atoms with Gasteiger partial charge in [0.05, 0.1) is 11.3 Å². The molecule has 2 amide bonds. The molecule has 1 fully saturated rings. The number of benzene rings is 1. The molecule has 0 aliphatic carbocycles. The Bertz CT molecular complexity index is 501. The molecule has 7 heteroatoms. The van der Waals surface area contributed by atoms with E-state index in [4.69, 9.17) is 5.11 Å². The average Bonchev–Trinajstić information content (AvgIpc) is 2.41. The van der Waals surface area contributed by atoms with Crippen LogP contribution < -0.4 is 10.6 Å². The van der Waals surface area contributed by atoms with Crippen molar-refractivity contribution in [2.24, 2.45) is 0 Å². The van der Waals surface area contributed by atoms with E-state index in [1.807, 2.05) is 0 Å². The molecule has 1 aliphatic rings. The van der Waals surface area contributed by atoms with Gasteiger partial charge in [-0.2, -0.15) is 0 Å². The van der Waals surface area contributed by atoms with Crippen molar-refractivity contribution < 1.29 is 19.1 Å². The highest BCUT2D eigenvalue weighted by Gasteiger charge is 2.21. The number of urea groups is 1. The number of para-hydroxylation sites is 1. The number of piperazine rings is 1. The molecule has 0 aromatic heterocycles. The maximum Gasteiger partial charge on any atom is 0.337 e. The first kappa shape index (κ1) is 13.3. The molecule has 1 aromatic rings. The van der Waals surface area contributed by atoms with E-state index in [0.717, 1.165) is 6.07 Å². The van der Waals surface area contributed by atoms with Crippen molar-refractivity contribution in [3.05, 3.63) is 29.6 Å². The van der Waals surface area contributed by atoms with Gasteiger partial charge in [-0.05, 0) is 12.1 Å². The van der Waals surface area contributed by atoms with E-state index in [-0.39, 0.29) is 11.3 Å². The number of carboxylic acid groups (broad SMARTS) is 1. The maximum atomic E-state index is 13.6. The molecule has 102 valence electrons. The van der Waals surface area contributed by atoms with Crippen LogP contribution in [-0.2, 0) is 0 Å². The van der Waals surface area contributed by atoms with Crippen LogP contribution in [0.4, 0.5) is 14.9 Å². The molecule has 2 rings (SSSR count). The van der Waals surface area contributed by atoms with Crippen LogP contribution in [0.15, 0.2) is 18.2 Å². The van der Waals surface area contributed by atoms with Gasteiger partial charge >= 0.3 is 12.0 Å². The summed E-state index contributed by atoms with van der Waals surface area (Å²) in [5.41, 5.74) is -0.554. The number of carboxylic acids is 1. The number of rotatable bonds is 2. The van der Waals surface area contributed by atoms with Crippen molar-refractivity contribution in [2.45, 2.75) is 0 Å². The number of carbonyl (C=O) groups excluding carboxylic acids is 1. The van der Waals surface area contributed by atoms with Gasteiger partial charge in [0.25, 0.3) is 0 Å². The maximum absolute atomic E-state index is 13.6. The van der Waals surface area contributed by atoms with E-state index >= 15 is 0 Å². The van der Waals surface area contributed by atoms with Crippen LogP contribution in [-0.4, -0.2) is 48.2 Å². The number of nitrogens with one attached hydrogen (secondary N) is 2. The standard InChI is InChI=1S/C12H14FN3O3/c13-9-3-1-2-8(11(17)18)10(9)15-12(19)16-6-4-14-5-7-16/h1-3,14H,4-7H2,(H,15,19)(H,17,18). The van der Waals surface area contributed by atoms with Crippen LogP contribution in [0.25, 0.3) is 0 Å². The molecule has 1 heterocycles. The second kappa shape index (κ2) is 5.66. The van der Waals surface area contributed by atoms with Gasteiger partial charge in [-0.3, -0.25) is 0 Å². The Hall–Kier alpha value is -2.15. The zero-order valence-corrected chi connectivity index (χ0v) is 10.1. The quantitative estimate of drug-likeness (QED) is 0.745. The van der Waals surface area contributed by atoms with Crippen molar-refractivity contribution in [2.75, 3.05) is 31.5 Å². The van der Waals surface area contributed by atoms with E-state index < -0.39 is 17.8 Å². The molecular weight excluding hydrogens is 253 g/mol. The minimum atomic E-state index is -1.28. The van der Waals surface area contributed by atoms with Crippen molar-refractivity contribution in [3.63, 3.8) is 0 Å². The lowest BCUT2D eigenvalue weighted by Crippen LogP contribution is -2.48. The van der Waals surface area contributed by atoms with Crippen molar-refractivity contribution in [3.8, 4) is 0 Å². The topological polar surface area (TPSA) is 81.7 Å². The Morgan fingerprint density at radius 1 is 1.32 bits per heavy atom. The Kier molecular flexibility index (Phi) is 3.96. The Balaban J connectivity index is 2.18. The predicted molar refractivity (Wildman–Crippen MR) is 66.8 cm³/mol. The number of halogens is 1. The predicted octanol–water partition coefficient (Wildman–Crippen LogP) is 0.961. The molecule has 19 heavy (non-hydrogen) atoms. The molecule has 3 N–H and O–H groups in total. The summed E-state index contributed by atoms with van der Waals surface area (Å²) in [5.74, 6) is -2.04. The second-order valence-corrected chi connectivity index (χ2v) is 4.13. The summed E-state index contributed by atoms with van der Waals surface area (Å²) in [7, 11) is 0. The highest BCUT2D eigenvalue weighted by atomic mass is 19.1. The Morgan fingerprint density at radius 2 is 2.00 bits per heavy atom. The molecule has 6 nitrogen and oxygen atoms in total. The molecule has 0 bridgehead atoms. The van der Waals surface area contributed by atoms with E-state index in [1.165, 1.54) is 17.0 Å². The molecule has 1 saturated heterocycles. The molecular formula is C12H14FN3O3. The fraction of sp³-hybridized carbons (Fsp3) is 0.333. The van der Waals surface area contributed by atoms with E-state index in [0.29, 0.717) is 26.2 Å². The summed E-state index contributed by atoms with van der Waals surface area (Å²) in [5, 5.41) is 14.4. The summed E-state index contributed by atoms with van der Waals surface area (Å²) >= 11 is 0. The summed E-state index contributed by atoms with van der Waals surface area (Å²) in [6, 6.07) is 3.16. The molecule has 0 saturated carbocycles. The van der Waals surface area contributed by atoms with Crippen LogP contribution in [0, 0.1) is 5.82 Å². The minimum absolute atomic E-state index is 0.261. The summed E-state index contributed by atoms with van der Waals surface area (Å²) in [4.78, 5) is 24.4. The molecule has 0 spiro atoms. The largest absolute Gasteiger partial charge is 0.478 e. The van der Waals surface area contributed by atoms with Gasteiger partial charge in [-0.15, -0.1) is 0 Å². The summed E-state index contributed by atoms with van der Waals surface area (Å²) in [6.07, 6.45) is 0. The second-order valence-electron chi connectivity index (χ2n) is 4.13. The lowest BCUT2D eigenvalue weighted by atomic mass is 10.1. The first-order valence-electron chi connectivity index (χ1n) is 5.88. The first-order valence-corrected chi connectivity index (χ1v) is 5.88. The SMILES string of the molecule is O=C(O)c1cccc(F)c1NC(=O)N1CCNCC1. The highest BCUT2D eigenvalue weighted by Crippen LogP contribution is 2.20. The number of aromatic carboxylic acids is 1. The molecule has 0 radical (unpaired) electrons. The Morgan fingerprint density at radius 3 is 2.63 bits per heavy atom. The van der Waals surface area contributed by atoms with Gasteiger partial charge < -0.3 is 20.6 Å². The Labute approximate surface area is 109 Å². The first-order chi connectivity index (χ1) is 9.09. The summed E-state index contributed by atoms with van der Waals surface area (Å²) in [6.45, 7) is 2.33. The fourth-order valence-corrected chi connectivity index (χ4v) is 1.88. The van der Waals surface area contributed by atoms with Crippen LogP contribution in [0.3, 0.4) is 0 Å². The molecule has 0 unspecified atom stereocenters. The number of amides is 2. The summed E-state index contributed by atoms with van der Waals surface area (Å²) < 4.78 is 13.6. The third-order valence-electron chi connectivity index (χ3n) is 2.88. The van der Waals surface area contributed by atoms with Gasteiger partial charge in [0, 0.05) is 26.2 Å². The number of carbonyl (C=O) groups is 2. The van der Waals surface area contributed by atoms with Crippen LogP contribution in [0.1, 0.15) is 10.4 Å². The number of anilines is 1. The van der Waals surface area contributed by atoms with Gasteiger partial charge in [0.2, 0.25) is 0 Å².